The summed E-state index contributed by atoms with van der Waals surface area (Å²) in [7, 11) is 0. The molecule has 0 aliphatic rings. The summed E-state index contributed by atoms with van der Waals surface area (Å²) in [5.74, 6) is -0.535. The van der Waals surface area contributed by atoms with Gasteiger partial charge in [0.2, 0.25) is 5.82 Å². The summed E-state index contributed by atoms with van der Waals surface area (Å²) in [6.45, 7) is 5.60. The van der Waals surface area contributed by atoms with Crippen molar-refractivity contribution in [2.75, 3.05) is 19.7 Å². The van der Waals surface area contributed by atoms with Gasteiger partial charge in [-0.05, 0) is 38.0 Å². The van der Waals surface area contributed by atoms with E-state index in [0.717, 1.165) is 11.1 Å². The second-order valence-corrected chi connectivity index (χ2v) is 7.22. The normalized spacial score (nSPS) is 10.5. The number of rotatable bonds is 9. The fraction of sp³-hybridized carbons (Fsp3) is 0.273. The van der Waals surface area contributed by atoms with Crippen molar-refractivity contribution >= 4 is 17.5 Å². The van der Waals surface area contributed by atoms with Crippen LogP contribution in [0.3, 0.4) is 0 Å². The van der Waals surface area contributed by atoms with Crippen LogP contribution in [-0.2, 0) is 4.79 Å². The average molecular weight is 453 g/mol. The largest absolute Gasteiger partial charge is 0.483 e. The van der Waals surface area contributed by atoms with Crippen LogP contribution in [0.4, 0.5) is 5.69 Å². The third-order valence-electron chi connectivity index (χ3n) is 5.01. The molecule has 11 nitrogen and oxygen atoms in total. The zero-order valence-electron chi connectivity index (χ0n) is 18.4. The molecule has 0 spiro atoms. The van der Waals surface area contributed by atoms with Crippen LogP contribution >= 0.6 is 0 Å². The minimum Gasteiger partial charge on any atom is -0.483 e. The maximum atomic E-state index is 12.2. The van der Waals surface area contributed by atoms with Gasteiger partial charge in [-0.1, -0.05) is 29.4 Å². The van der Waals surface area contributed by atoms with Crippen molar-refractivity contribution in [1.29, 1.82) is 0 Å². The summed E-state index contributed by atoms with van der Waals surface area (Å²) in [6, 6.07) is 10.1. The van der Waals surface area contributed by atoms with E-state index in [1.807, 2.05) is 26.0 Å². The summed E-state index contributed by atoms with van der Waals surface area (Å²) >= 11 is 0. The second-order valence-electron chi connectivity index (χ2n) is 7.22. The zero-order valence-corrected chi connectivity index (χ0v) is 18.4. The number of carbonyl (C=O) groups is 2. The quantitative estimate of drug-likeness (QED) is 0.285. The minimum atomic E-state index is -0.627. The molecule has 0 fully saturated rings. The van der Waals surface area contributed by atoms with Gasteiger partial charge in [-0.15, -0.1) is 0 Å². The lowest BCUT2D eigenvalue weighted by molar-refractivity contribution is -0.385. The summed E-state index contributed by atoms with van der Waals surface area (Å²) in [5, 5.41) is 20.0. The molecule has 0 unspecified atom stereocenters. The summed E-state index contributed by atoms with van der Waals surface area (Å²) < 4.78 is 10.5. The van der Waals surface area contributed by atoms with Gasteiger partial charge in [-0.2, -0.15) is 4.98 Å². The van der Waals surface area contributed by atoms with E-state index in [1.54, 1.807) is 19.1 Å². The number of benzene rings is 2. The molecule has 0 aliphatic heterocycles. The van der Waals surface area contributed by atoms with Gasteiger partial charge in [0, 0.05) is 30.3 Å². The van der Waals surface area contributed by atoms with Gasteiger partial charge in [-0.3, -0.25) is 19.7 Å². The zero-order chi connectivity index (χ0) is 24.0. The van der Waals surface area contributed by atoms with Gasteiger partial charge < -0.3 is 19.9 Å². The molecule has 2 amide bonds. The molecule has 1 aromatic heterocycles. The fourth-order valence-corrected chi connectivity index (χ4v) is 3.02. The Kier molecular flexibility index (Phi) is 7.34. The Morgan fingerprint density at radius 2 is 1.79 bits per heavy atom. The van der Waals surface area contributed by atoms with Crippen molar-refractivity contribution in [1.82, 2.24) is 20.8 Å². The van der Waals surface area contributed by atoms with Crippen LogP contribution in [0, 0.1) is 30.9 Å². The Morgan fingerprint density at radius 3 is 2.55 bits per heavy atom. The van der Waals surface area contributed by atoms with Gasteiger partial charge in [0.05, 0.1) is 4.92 Å². The Balaban J connectivity index is 1.47. The van der Waals surface area contributed by atoms with E-state index in [-0.39, 0.29) is 43.0 Å². The van der Waals surface area contributed by atoms with E-state index >= 15 is 0 Å². The molecule has 0 atom stereocenters. The molecule has 1 heterocycles. The lowest BCUT2D eigenvalue weighted by atomic mass is 10.1. The molecular weight excluding hydrogens is 430 g/mol. The summed E-state index contributed by atoms with van der Waals surface area (Å²) in [5.41, 5.74) is 2.71. The molecule has 33 heavy (non-hydrogen) atoms. The maximum absolute atomic E-state index is 12.2. The molecule has 172 valence electrons. The average Bonchev–Trinajstić information content (AvgIpc) is 3.27. The van der Waals surface area contributed by atoms with Crippen molar-refractivity contribution in [3.63, 3.8) is 0 Å². The van der Waals surface area contributed by atoms with Crippen molar-refractivity contribution in [2.45, 2.75) is 20.8 Å². The van der Waals surface area contributed by atoms with E-state index in [1.165, 1.54) is 12.1 Å². The van der Waals surface area contributed by atoms with Crippen LogP contribution < -0.4 is 15.4 Å². The molecule has 0 saturated heterocycles. The van der Waals surface area contributed by atoms with Crippen molar-refractivity contribution < 1.29 is 23.8 Å². The highest BCUT2D eigenvalue weighted by Crippen LogP contribution is 2.27. The molecule has 2 aromatic carbocycles. The monoisotopic (exact) mass is 453 g/mol. The van der Waals surface area contributed by atoms with E-state index in [9.17, 15) is 19.7 Å². The van der Waals surface area contributed by atoms with Gasteiger partial charge in [-0.25, -0.2) is 0 Å². The maximum Gasteiger partial charge on any atom is 0.316 e. The van der Waals surface area contributed by atoms with E-state index in [0.29, 0.717) is 16.9 Å². The first-order valence-corrected chi connectivity index (χ1v) is 10.1. The molecule has 2 N–H and O–H groups in total. The number of aryl methyl sites for hydroxylation is 1. The Hall–Kier alpha value is -4.28. The number of nitrogens with zero attached hydrogens (tertiary/aromatic N) is 3. The molecule has 0 bridgehead atoms. The molecule has 11 heteroatoms. The number of aromatic nitrogens is 2. The van der Waals surface area contributed by atoms with E-state index in [2.05, 4.69) is 20.8 Å². The summed E-state index contributed by atoms with van der Waals surface area (Å²) in [4.78, 5) is 38.8. The number of nitro benzene ring substituents is 1. The second kappa shape index (κ2) is 10.4. The number of amides is 2. The molecule has 3 rings (SSSR count). The smallest absolute Gasteiger partial charge is 0.316 e. The Bertz CT molecular complexity index is 1190. The number of carbonyl (C=O) groups excluding carboxylic acids is 2. The standard InChI is InChI=1S/C22H23N5O6/c1-13-6-4-9-18(14(13)2)32-12-19(28)23-10-11-24-21(29)22-25-20(26-33-22)16-7-5-8-17(15(16)3)27(30)31/h4-9H,10-12H2,1-3H3,(H,23,28)(H,24,29). The first-order valence-electron chi connectivity index (χ1n) is 10.1. The fourth-order valence-electron chi connectivity index (χ4n) is 3.02. The highest BCUT2D eigenvalue weighted by atomic mass is 16.6. The number of nitro groups is 1. The lowest BCUT2D eigenvalue weighted by Gasteiger charge is -2.11. The van der Waals surface area contributed by atoms with Crippen molar-refractivity contribution in [3.8, 4) is 17.1 Å². The predicted octanol–water partition coefficient (Wildman–Crippen LogP) is 2.50. The van der Waals surface area contributed by atoms with Gasteiger partial charge in [0.1, 0.15) is 5.75 Å². The van der Waals surface area contributed by atoms with Crippen LogP contribution in [0.1, 0.15) is 27.4 Å². The molecule has 0 saturated carbocycles. The third-order valence-corrected chi connectivity index (χ3v) is 5.01. The molecule has 0 aliphatic carbocycles. The third kappa shape index (κ3) is 5.70. The highest BCUT2D eigenvalue weighted by molar-refractivity contribution is 5.90. The SMILES string of the molecule is Cc1cccc(OCC(=O)NCCNC(=O)c2nc(-c3cccc([N+](=O)[O-])c3C)no2)c1C. The van der Waals surface area contributed by atoms with Crippen molar-refractivity contribution in [2.24, 2.45) is 0 Å². The van der Waals surface area contributed by atoms with Crippen LogP contribution in [0.25, 0.3) is 11.4 Å². The number of hydrogen-bond acceptors (Lipinski definition) is 8. The lowest BCUT2D eigenvalue weighted by Crippen LogP contribution is -2.36. The van der Waals surface area contributed by atoms with Gasteiger partial charge in [0.25, 0.3) is 11.6 Å². The minimum absolute atomic E-state index is 0.0678. The van der Waals surface area contributed by atoms with E-state index < -0.39 is 10.8 Å². The number of ether oxygens (including phenoxy) is 1. The molecule has 3 aromatic rings. The number of nitrogens with one attached hydrogen (secondary N) is 2. The van der Waals surface area contributed by atoms with Crippen molar-refractivity contribution in [3.05, 3.63) is 69.1 Å². The topological polar surface area (TPSA) is 149 Å². The van der Waals surface area contributed by atoms with E-state index in [4.69, 9.17) is 9.26 Å². The number of hydrogen-bond donors (Lipinski definition) is 2. The molecule has 0 radical (unpaired) electrons. The molecular formula is C22H23N5O6. The van der Waals surface area contributed by atoms with Gasteiger partial charge >= 0.3 is 11.8 Å². The first-order chi connectivity index (χ1) is 15.8. The Labute approximate surface area is 189 Å². The Morgan fingerprint density at radius 1 is 1.06 bits per heavy atom. The van der Waals surface area contributed by atoms with Crippen LogP contribution in [-0.4, -0.2) is 46.6 Å². The first kappa shape index (κ1) is 23.4. The van der Waals surface area contributed by atoms with Crippen LogP contribution in [0.15, 0.2) is 40.9 Å². The van der Waals surface area contributed by atoms with Gasteiger partial charge in [0.15, 0.2) is 6.61 Å². The predicted molar refractivity (Wildman–Crippen MR) is 118 cm³/mol. The highest BCUT2D eigenvalue weighted by Gasteiger charge is 2.20. The van der Waals surface area contributed by atoms with Crippen LogP contribution in [0.5, 0.6) is 5.75 Å². The summed E-state index contributed by atoms with van der Waals surface area (Å²) in [6.07, 6.45) is 0. The van der Waals surface area contributed by atoms with Crippen LogP contribution in [0.2, 0.25) is 0 Å².